The first kappa shape index (κ1) is 6.54. The van der Waals surface area contributed by atoms with Crippen LogP contribution in [0.5, 0.6) is 5.75 Å². The zero-order valence-corrected chi connectivity index (χ0v) is 6.47. The van der Waals surface area contributed by atoms with Crippen molar-refractivity contribution < 1.29 is 5.11 Å². The van der Waals surface area contributed by atoms with Gasteiger partial charge in [-0.2, -0.15) is 0 Å². The molecule has 2 aromatic rings. The molecular formula is C7H6N2OS. The van der Waals surface area contributed by atoms with Crippen LogP contribution in [-0.4, -0.2) is 15.1 Å². The summed E-state index contributed by atoms with van der Waals surface area (Å²) in [4.78, 5) is 6.94. The van der Waals surface area contributed by atoms with Crippen LogP contribution < -0.4 is 0 Å². The van der Waals surface area contributed by atoms with Gasteiger partial charge in [0.15, 0.2) is 5.16 Å². The van der Waals surface area contributed by atoms with Crippen LogP contribution in [0.2, 0.25) is 0 Å². The molecule has 11 heavy (non-hydrogen) atoms. The number of phenolic OH excluding ortho intramolecular Hbond substituents is 1. The van der Waals surface area contributed by atoms with Gasteiger partial charge in [0.2, 0.25) is 0 Å². The average Bonchev–Trinajstić information content (AvgIpc) is 2.27. The zero-order chi connectivity index (χ0) is 7.84. The maximum Gasteiger partial charge on any atom is 0.163 e. The van der Waals surface area contributed by atoms with Gasteiger partial charge in [-0.1, -0.05) is 0 Å². The molecule has 0 bridgehead atoms. The number of aromatic amines is 1. The number of phenols is 1. The van der Waals surface area contributed by atoms with E-state index < -0.39 is 0 Å². The molecule has 0 aliphatic heterocycles. The molecule has 0 radical (unpaired) electrons. The second-order valence-electron chi connectivity index (χ2n) is 2.26. The molecule has 4 heteroatoms. The quantitative estimate of drug-likeness (QED) is 0.520. The van der Waals surface area contributed by atoms with Gasteiger partial charge in [-0.25, -0.2) is 4.98 Å². The lowest BCUT2D eigenvalue weighted by atomic mass is 10.3. The van der Waals surface area contributed by atoms with E-state index in [-0.39, 0.29) is 5.75 Å². The minimum atomic E-state index is 0.231. The van der Waals surface area contributed by atoms with Crippen LogP contribution in [0.1, 0.15) is 0 Å². The van der Waals surface area contributed by atoms with Crippen LogP contribution in [0.3, 0.4) is 0 Å². The van der Waals surface area contributed by atoms with Crippen LogP contribution in [0.15, 0.2) is 23.4 Å². The fraction of sp³-hybridized carbons (Fsp3) is 0. The summed E-state index contributed by atoms with van der Waals surface area (Å²) in [5, 5.41) is 9.63. The minimum absolute atomic E-state index is 0.231. The van der Waals surface area contributed by atoms with Crippen molar-refractivity contribution >= 4 is 23.7 Å². The van der Waals surface area contributed by atoms with Gasteiger partial charge in [-0.05, 0) is 12.1 Å². The van der Waals surface area contributed by atoms with Crippen molar-refractivity contribution in [3.8, 4) is 5.75 Å². The van der Waals surface area contributed by atoms with E-state index in [0.717, 1.165) is 11.0 Å². The van der Waals surface area contributed by atoms with Crippen LogP contribution in [-0.2, 0) is 0 Å². The van der Waals surface area contributed by atoms with Gasteiger partial charge in [-0.3, -0.25) is 0 Å². The Balaban J connectivity index is 2.82. The van der Waals surface area contributed by atoms with Crippen molar-refractivity contribution in [1.29, 1.82) is 0 Å². The fourth-order valence-electron chi connectivity index (χ4n) is 0.984. The Morgan fingerprint density at radius 1 is 1.45 bits per heavy atom. The number of aromatic nitrogens is 2. The summed E-state index contributed by atoms with van der Waals surface area (Å²) in [6.07, 6.45) is 0. The number of nitrogens with zero attached hydrogens (tertiary/aromatic N) is 1. The summed E-state index contributed by atoms with van der Waals surface area (Å²) in [7, 11) is 0. The van der Waals surface area contributed by atoms with Crippen molar-refractivity contribution in [1.82, 2.24) is 9.97 Å². The molecular weight excluding hydrogens is 160 g/mol. The van der Waals surface area contributed by atoms with Crippen molar-refractivity contribution in [2.24, 2.45) is 0 Å². The molecule has 0 saturated carbocycles. The SMILES string of the molecule is Oc1ccc2nc(S)[nH]c2c1. The predicted octanol–water partition coefficient (Wildman–Crippen LogP) is 1.56. The highest BCUT2D eigenvalue weighted by Crippen LogP contribution is 2.18. The van der Waals surface area contributed by atoms with Gasteiger partial charge < -0.3 is 10.1 Å². The number of hydrogen-bond donors (Lipinski definition) is 3. The number of benzene rings is 1. The summed E-state index contributed by atoms with van der Waals surface area (Å²) in [6.45, 7) is 0. The highest BCUT2D eigenvalue weighted by Gasteiger charge is 1.98. The van der Waals surface area contributed by atoms with Gasteiger partial charge in [0.25, 0.3) is 0 Å². The highest BCUT2D eigenvalue weighted by atomic mass is 32.1. The highest BCUT2D eigenvalue weighted by molar-refractivity contribution is 7.80. The summed E-state index contributed by atoms with van der Waals surface area (Å²) < 4.78 is 0. The van der Waals surface area contributed by atoms with E-state index in [1.54, 1.807) is 18.2 Å². The summed E-state index contributed by atoms with van der Waals surface area (Å²) in [5.74, 6) is 0.231. The molecule has 0 amide bonds. The molecule has 0 fully saturated rings. The number of imidazole rings is 1. The van der Waals surface area contributed by atoms with Crippen molar-refractivity contribution in [3.63, 3.8) is 0 Å². The van der Waals surface area contributed by atoms with E-state index in [1.807, 2.05) is 0 Å². The second kappa shape index (κ2) is 2.17. The Hall–Kier alpha value is -1.16. The number of hydrogen-bond acceptors (Lipinski definition) is 3. The second-order valence-corrected chi connectivity index (χ2v) is 2.69. The number of nitrogens with one attached hydrogen (secondary N) is 1. The van der Waals surface area contributed by atoms with Crippen molar-refractivity contribution in [2.75, 3.05) is 0 Å². The standard InChI is InChI=1S/C7H6N2OS/c10-4-1-2-5-6(3-4)9-7(11)8-5/h1-3,10H,(H2,8,9,11). The normalized spacial score (nSPS) is 10.6. The van der Waals surface area contributed by atoms with Crippen LogP contribution in [0.4, 0.5) is 0 Å². The molecule has 0 spiro atoms. The van der Waals surface area contributed by atoms with E-state index in [2.05, 4.69) is 22.6 Å². The predicted molar refractivity (Wildman–Crippen MR) is 45.0 cm³/mol. The van der Waals surface area contributed by atoms with Crippen LogP contribution in [0, 0.1) is 0 Å². The monoisotopic (exact) mass is 166 g/mol. The topological polar surface area (TPSA) is 48.9 Å². The van der Waals surface area contributed by atoms with E-state index in [1.165, 1.54) is 0 Å². The number of H-pyrrole nitrogens is 1. The van der Waals surface area contributed by atoms with Crippen LogP contribution >= 0.6 is 12.6 Å². The lowest BCUT2D eigenvalue weighted by molar-refractivity contribution is 0.476. The maximum atomic E-state index is 9.07. The molecule has 2 rings (SSSR count). The third-order valence-corrected chi connectivity index (χ3v) is 1.66. The molecule has 1 aromatic carbocycles. The molecule has 56 valence electrons. The molecule has 1 aromatic heterocycles. The lowest BCUT2D eigenvalue weighted by Crippen LogP contribution is -1.67. The van der Waals surface area contributed by atoms with E-state index in [9.17, 15) is 0 Å². The number of aromatic hydroxyl groups is 1. The third kappa shape index (κ3) is 1.05. The average molecular weight is 166 g/mol. The smallest absolute Gasteiger partial charge is 0.163 e. The van der Waals surface area contributed by atoms with E-state index in [4.69, 9.17) is 5.11 Å². The summed E-state index contributed by atoms with van der Waals surface area (Å²) in [5.41, 5.74) is 1.61. The molecule has 0 aliphatic rings. The molecule has 1 heterocycles. The largest absolute Gasteiger partial charge is 0.508 e. The first-order valence-electron chi connectivity index (χ1n) is 3.13. The number of fused-ring (bicyclic) bond motifs is 1. The zero-order valence-electron chi connectivity index (χ0n) is 5.57. The first-order valence-corrected chi connectivity index (χ1v) is 3.58. The van der Waals surface area contributed by atoms with Crippen LogP contribution in [0.25, 0.3) is 11.0 Å². The molecule has 0 unspecified atom stereocenters. The fourth-order valence-corrected chi connectivity index (χ4v) is 1.21. The Labute approximate surface area is 68.5 Å². The van der Waals surface area contributed by atoms with Crippen molar-refractivity contribution in [2.45, 2.75) is 5.16 Å². The first-order chi connectivity index (χ1) is 5.25. The van der Waals surface area contributed by atoms with E-state index >= 15 is 0 Å². The Morgan fingerprint density at radius 3 is 3.09 bits per heavy atom. The molecule has 2 N–H and O–H groups in total. The Morgan fingerprint density at radius 2 is 2.27 bits per heavy atom. The summed E-state index contributed by atoms with van der Waals surface area (Å²) >= 11 is 4.03. The van der Waals surface area contributed by atoms with Gasteiger partial charge in [0.1, 0.15) is 5.75 Å². The molecule has 0 saturated heterocycles. The van der Waals surface area contributed by atoms with Crippen molar-refractivity contribution in [3.05, 3.63) is 18.2 Å². The number of thiol groups is 1. The van der Waals surface area contributed by atoms with Gasteiger partial charge in [-0.15, -0.1) is 12.6 Å². The number of rotatable bonds is 0. The lowest BCUT2D eigenvalue weighted by Gasteiger charge is -1.88. The molecule has 3 nitrogen and oxygen atoms in total. The van der Waals surface area contributed by atoms with E-state index in [0.29, 0.717) is 5.16 Å². The Bertz CT molecular complexity index is 396. The third-order valence-electron chi connectivity index (χ3n) is 1.45. The maximum absolute atomic E-state index is 9.07. The minimum Gasteiger partial charge on any atom is -0.508 e. The summed E-state index contributed by atoms with van der Waals surface area (Å²) in [6, 6.07) is 4.94. The molecule has 0 aliphatic carbocycles. The van der Waals surface area contributed by atoms with Gasteiger partial charge >= 0.3 is 0 Å². The van der Waals surface area contributed by atoms with Gasteiger partial charge in [0.05, 0.1) is 11.0 Å². The Kier molecular flexibility index (Phi) is 1.29. The molecule has 0 atom stereocenters. The van der Waals surface area contributed by atoms with Gasteiger partial charge in [0, 0.05) is 6.07 Å².